The number of hydrogen-bond donors (Lipinski definition) is 2. The molecule has 6 nitrogen and oxygen atoms in total. The highest BCUT2D eigenvalue weighted by molar-refractivity contribution is 6.42. The Morgan fingerprint density at radius 1 is 1.20 bits per heavy atom. The van der Waals surface area contributed by atoms with Gasteiger partial charge in [-0.15, -0.1) is 0 Å². The monoisotopic (exact) mass is 396 g/mol. The first-order chi connectivity index (χ1) is 11.5. The first-order valence-electron chi connectivity index (χ1n) is 7.01. The summed E-state index contributed by atoms with van der Waals surface area (Å²) in [6, 6.07) is 2.06. The molecule has 1 aromatic heterocycles. The molecule has 0 aliphatic carbocycles. The number of benzene rings is 1. The summed E-state index contributed by atoms with van der Waals surface area (Å²) >= 11 is 11.7. The molecule has 1 aromatic carbocycles. The molecule has 0 aliphatic rings. The van der Waals surface area contributed by atoms with E-state index >= 15 is 0 Å². The molecule has 0 amide bonds. The van der Waals surface area contributed by atoms with Gasteiger partial charge in [0.05, 0.1) is 16.1 Å². The number of alkyl halides is 3. The zero-order valence-electron chi connectivity index (χ0n) is 13.0. The highest BCUT2D eigenvalue weighted by Gasteiger charge is 2.39. The second-order valence-electron chi connectivity index (χ2n) is 5.30. The van der Waals surface area contributed by atoms with Crippen molar-refractivity contribution in [2.45, 2.75) is 32.1 Å². The number of nitrogens with one attached hydrogen (secondary N) is 2. The number of rotatable bonds is 4. The molecule has 0 unspecified atom stereocenters. The standard InChI is InChI=1S/C14H13Cl2F3N4O2/c1-6(8-3-4-9(15)10(16)5-8)20-11-21-12(24)23(13(25)22-11)7(2)14(17,18)19/h3-7H,1-2H3,(H2,20,21,22,24,25)/t6-,7+/m0/s1. The second-order valence-corrected chi connectivity index (χ2v) is 6.11. The molecule has 0 aliphatic heterocycles. The van der Waals surface area contributed by atoms with Gasteiger partial charge < -0.3 is 5.32 Å². The van der Waals surface area contributed by atoms with E-state index in [0.29, 0.717) is 22.5 Å². The minimum Gasteiger partial charge on any atom is -0.349 e. The van der Waals surface area contributed by atoms with E-state index in [0.717, 1.165) is 0 Å². The molecule has 0 saturated carbocycles. The average Bonchev–Trinajstić information content (AvgIpc) is 2.48. The van der Waals surface area contributed by atoms with E-state index in [9.17, 15) is 22.8 Å². The van der Waals surface area contributed by atoms with Crippen LogP contribution < -0.4 is 16.7 Å². The molecule has 0 bridgehead atoms. The normalized spacial score (nSPS) is 14.2. The predicted molar refractivity (Wildman–Crippen MR) is 88.4 cm³/mol. The third-order valence-electron chi connectivity index (χ3n) is 3.52. The molecule has 11 heteroatoms. The number of nitrogens with zero attached hydrogens (tertiary/aromatic N) is 2. The Bertz CT molecular complexity index is 864. The third kappa shape index (κ3) is 4.35. The van der Waals surface area contributed by atoms with Crippen LogP contribution >= 0.6 is 23.2 Å². The second kappa shape index (κ2) is 7.09. The first-order valence-corrected chi connectivity index (χ1v) is 7.77. The summed E-state index contributed by atoms with van der Waals surface area (Å²) in [5.74, 6) is -0.251. The minimum atomic E-state index is -4.75. The maximum Gasteiger partial charge on any atom is 0.409 e. The number of hydrogen-bond acceptors (Lipinski definition) is 4. The summed E-state index contributed by atoms with van der Waals surface area (Å²) in [6.45, 7) is 2.38. The Labute approximate surface area is 149 Å². The lowest BCUT2D eigenvalue weighted by Crippen LogP contribution is -2.44. The lowest BCUT2D eigenvalue weighted by atomic mass is 10.1. The van der Waals surface area contributed by atoms with Crippen LogP contribution in [0.1, 0.15) is 31.5 Å². The maximum absolute atomic E-state index is 12.7. The number of aromatic amines is 1. The van der Waals surface area contributed by atoms with E-state index in [1.165, 1.54) is 0 Å². The van der Waals surface area contributed by atoms with Crippen LogP contribution in [0.2, 0.25) is 10.0 Å². The van der Waals surface area contributed by atoms with Gasteiger partial charge >= 0.3 is 17.6 Å². The van der Waals surface area contributed by atoms with E-state index in [4.69, 9.17) is 23.2 Å². The van der Waals surface area contributed by atoms with Gasteiger partial charge in [-0.25, -0.2) is 14.2 Å². The van der Waals surface area contributed by atoms with Gasteiger partial charge in [0.25, 0.3) is 0 Å². The molecular weight excluding hydrogens is 384 g/mol. The fourth-order valence-electron chi connectivity index (χ4n) is 2.05. The summed E-state index contributed by atoms with van der Waals surface area (Å²) in [5, 5.41) is 3.39. The Hall–Kier alpha value is -2.00. The minimum absolute atomic E-state index is 0.00893. The quantitative estimate of drug-likeness (QED) is 0.828. The van der Waals surface area contributed by atoms with Crippen LogP contribution in [0.3, 0.4) is 0 Å². The Morgan fingerprint density at radius 3 is 2.36 bits per heavy atom. The summed E-state index contributed by atoms with van der Waals surface area (Å²) in [4.78, 5) is 29.3. The molecule has 0 saturated heterocycles. The lowest BCUT2D eigenvalue weighted by Gasteiger charge is -2.18. The summed E-state index contributed by atoms with van der Waals surface area (Å²) < 4.78 is 38.2. The molecule has 136 valence electrons. The average molecular weight is 397 g/mol. The largest absolute Gasteiger partial charge is 0.409 e. The highest BCUT2D eigenvalue weighted by atomic mass is 35.5. The first kappa shape index (κ1) is 19.3. The smallest absolute Gasteiger partial charge is 0.349 e. The molecule has 0 fully saturated rings. The van der Waals surface area contributed by atoms with Crippen molar-refractivity contribution in [3.63, 3.8) is 0 Å². The van der Waals surface area contributed by atoms with Gasteiger partial charge in [0, 0.05) is 0 Å². The van der Waals surface area contributed by atoms with E-state index < -0.39 is 29.6 Å². The van der Waals surface area contributed by atoms with Crippen molar-refractivity contribution >= 4 is 29.2 Å². The van der Waals surface area contributed by atoms with Crippen LogP contribution in [-0.2, 0) is 0 Å². The van der Waals surface area contributed by atoms with E-state index in [2.05, 4.69) is 15.3 Å². The van der Waals surface area contributed by atoms with Gasteiger partial charge in [0.1, 0.15) is 6.04 Å². The van der Waals surface area contributed by atoms with Crippen molar-refractivity contribution in [2.24, 2.45) is 0 Å². The third-order valence-corrected chi connectivity index (χ3v) is 4.25. The van der Waals surface area contributed by atoms with Crippen LogP contribution in [0.25, 0.3) is 0 Å². The molecule has 2 N–H and O–H groups in total. The fraction of sp³-hybridized carbons (Fsp3) is 0.357. The number of aromatic nitrogens is 3. The van der Waals surface area contributed by atoms with Gasteiger partial charge in [0.2, 0.25) is 5.95 Å². The Balaban J connectivity index is 2.31. The molecule has 2 atom stereocenters. The molecular formula is C14H13Cl2F3N4O2. The van der Waals surface area contributed by atoms with Crippen molar-refractivity contribution in [1.29, 1.82) is 0 Å². The molecule has 2 rings (SSSR count). The summed E-state index contributed by atoms with van der Waals surface area (Å²) in [6.07, 6.45) is -4.75. The zero-order chi connectivity index (χ0) is 18.9. The topological polar surface area (TPSA) is 79.8 Å². The van der Waals surface area contributed by atoms with Crippen LogP contribution in [0.15, 0.2) is 27.8 Å². The lowest BCUT2D eigenvalue weighted by molar-refractivity contribution is -0.164. The number of halogens is 5. The van der Waals surface area contributed by atoms with Crippen molar-refractivity contribution in [3.8, 4) is 0 Å². The molecule has 0 radical (unpaired) electrons. The van der Waals surface area contributed by atoms with E-state index in [1.54, 1.807) is 25.1 Å². The van der Waals surface area contributed by atoms with Gasteiger partial charge in [0.15, 0.2) is 0 Å². The number of H-pyrrole nitrogens is 1. The van der Waals surface area contributed by atoms with Gasteiger partial charge in [-0.05, 0) is 31.5 Å². The van der Waals surface area contributed by atoms with E-state index in [1.807, 2.05) is 0 Å². The zero-order valence-corrected chi connectivity index (χ0v) is 14.5. The molecule has 25 heavy (non-hydrogen) atoms. The van der Waals surface area contributed by atoms with Gasteiger partial charge in [-0.1, -0.05) is 29.3 Å². The van der Waals surface area contributed by atoms with Crippen molar-refractivity contribution in [1.82, 2.24) is 14.5 Å². The summed E-state index contributed by atoms with van der Waals surface area (Å²) in [5.41, 5.74) is -1.85. The molecule has 0 spiro atoms. The molecule has 2 aromatic rings. The van der Waals surface area contributed by atoms with Gasteiger partial charge in [-0.3, -0.25) is 4.98 Å². The highest BCUT2D eigenvalue weighted by Crippen LogP contribution is 2.28. The molecule has 1 heterocycles. The van der Waals surface area contributed by atoms with Crippen LogP contribution in [0.4, 0.5) is 19.1 Å². The number of anilines is 1. The van der Waals surface area contributed by atoms with Crippen LogP contribution in [-0.4, -0.2) is 20.7 Å². The Morgan fingerprint density at radius 2 is 1.84 bits per heavy atom. The van der Waals surface area contributed by atoms with Crippen LogP contribution in [0, 0.1) is 0 Å². The Kier molecular flexibility index (Phi) is 5.48. The van der Waals surface area contributed by atoms with Crippen molar-refractivity contribution < 1.29 is 13.2 Å². The van der Waals surface area contributed by atoms with E-state index in [-0.39, 0.29) is 10.5 Å². The van der Waals surface area contributed by atoms with Gasteiger partial charge in [-0.2, -0.15) is 18.2 Å². The SMILES string of the molecule is C[C@H](Nc1nc(=O)n([C@H](C)C(F)(F)F)c(=O)[nH]1)c1ccc(Cl)c(Cl)c1. The van der Waals surface area contributed by atoms with Crippen molar-refractivity contribution in [3.05, 3.63) is 54.8 Å². The fourth-order valence-corrected chi connectivity index (χ4v) is 2.36. The van der Waals surface area contributed by atoms with Crippen molar-refractivity contribution in [2.75, 3.05) is 5.32 Å². The summed E-state index contributed by atoms with van der Waals surface area (Å²) in [7, 11) is 0. The maximum atomic E-state index is 12.7. The van der Waals surface area contributed by atoms with Crippen LogP contribution in [0.5, 0.6) is 0 Å². The predicted octanol–water partition coefficient (Wildman–Crippen LogP) is 3.53.